The summed E-state index contributed by atoms with van der Waals surface area (Å²) < 4.78 is 5.40. The van der Waals surface area contributed by atoms with E-state index in [1.165, 1.54) is 22.5 Å². The predicted molar refractivity (Wildman–Crippen MR) is 106 cm³/mol. The van der Waals surface area contributed by atoms with Crippen molar-refractivity contribution in [2.75, 3.05) is 36.9 Å². The van der Waals surface area contributed by atoms with Gasteiger partial charge in [-0.05, 0) is 23.6 Å². The molecule has 1 saturated heterocycles. The molecule has 8 heteroatoms. The molecular weight excluding hydrogens is 360 g/mol. The summed E-state index contributed by atoms with van der Waals surface area (Å²) in [6, 6.07) is 6.36. The normalized spacial score (nSPS) is 16.3. The Morgan fingerprint density at radius 3 is 2.70 bits per heavy atom. The van der Waals surface area contributed by atoms with Crippen molar-refractivity contribution in [3.05, 3.63) is 53.5 Å². The Morgan fingerprint density at radius 1 is 1.07 bits per heavy atom. The molecule has 0 spiro atoms. The molecule has 2 aliphatic rings. The molecule has 1 aliphatic carbocycles. The number of benzene rings is 1. The maximum Gasteiger partial charge on any atom is 0.203 e. The summed E-state index contributed by atoms with van der Waals surface area (Å²) in [4.78, 5) is 11.5. The number of hydrogen-bond acceptors (Lipinski definition) is 8. The molecular formula is C19H18N6OS. The van der Waals surface area contributed by atoms with E-state index in [4.69, 9.17) is 10.5 Å². The van der Waals surface area contributed by atoms with Gasteiger partial charge in [-0.2, -0.15) is 0 Å². The Morgan fingerprint density at radius 2 is 1.96 bits per heavy atom. The summed E-state index contributed by atoms with van der Waals surface area (Å²) in [5.41, 5.74) is 11.2. The van der Waals surface area contributed by atoms with Gasteiger partial charge in [0.25, 0.3) is 0 Å². The van der Waals surface area contributed by atoms with Crippen LogP contribution in [0.3, 0.4) is 0 Å². The Kier molecular flexibility index (Phi) is 4.06. The van der Waals surface area contributed by atoms with Gasteiger partial charge in [0, 0.05) is 24.2 Å². The molecule has 0 amide bonds. The van der Waals surface area contributed by atoms with E-state index < -0.39 is 0 Å². The van der Waals surface area contributed by atoms with E-state index in [-0.39, 0.29) is 0 Å². The molecule has 3 heterocycles. The van der Waals surface area contributed by atoms with Crippen molar-refractivity contribution < 1.29 is 4.74 Å². The Bertz CT molecular complexity index is 1010. The zero-order valence-corrected chi connectivity index (χ0v) is 15.4. The van der Waals surface area contributed by atoms with Crippen LogP contribution in [0.4, 0.5) is 10.9 Å². The van der Waals surface area contributed by atoms with Crippen LogP contribution in [0.5, 0.6) is 0 Å². The highest BCUT2D eigenvalue weighted by atomic mass is 32.1. The first-order valence-corrected chi connectivity index (χ1v) is 9.67. The average Bonchev–Trinajstić information content (AvgIpc) is 3.34. The second-order valence-corrected chi connectivity index (χ2v) is 7.51. The number of nitrogens with zero attached hydrogens (tertiary/aromatic N) is 5. The average molecular weight is 378 g/mol. The maximum atomic E-state index is 5.73. The molecule has 0 unspecified atom stereocenters. The number of aromatic nitrogens is 4. The summed E-state index contributed by atoms with van der Waals surface area (Å²) in [5.74, 6) is 0.902. The standard InChI is InChI=1S/C19H18N6OS/c20-19-24-23-18(27-19)13-2-1-12-3-4-14(15(12)9-13)16-10-22-17(11-21-16)25-5-7-26-8-6-25/h1-2,4,9-11H,3,5-8H2,(H2,20,24). The van der Waals surface area contributed by atoms with Crippen molar-refractivity contribution in [3.8, 4) is 10.6 Å². The minimum absolute atomic E-state index is 0.478. The lowest BCUT2D eigenvalue weighted by Gasteiger charge is -2.27. The molecule has 5 rings (SSSR count). The molecule has 1 fully saturated rings. The summed E-state index contributed by atoms with van der Waals surface area (Å²) in [7, 11) is 0. The smallest absolute Gasteiger partial charge is 0.203 e. The lowest BCUT2D eigenvalue weighted by Crippen LogP contribution is -2.36. The van der Waals surface area contributed by atoms with E-state index >= 15 is 0 Å². The van der Waals surface area contributed by atoms with Crippen molar-refractivity contribution in [2.45, 2.75) is 6.42 Å². The van der Waals surface area contributed by atoms with Gasteiger partial charge in [0.05, 0.1) is 31.3 Å². The number of ether oxygens (including phenoxy) is 1. The first kappa shape index (κ1) is 16.3. The van der Waals surface area contributed by atoms with Crippen LogP contribution in [0.2, 0.25) is 0 Å². The van der Waals surface area contributed by atoms with Gasteiger partial charge in [0.2, 0.25) is 5.13 Å². The van der Waals surface area contributed by atoms with Crippen LogP contribution in [0.25, 0.3) is 16.1 Å². The second-order valence-electron chi connectivity index (χ2n) is 6.50. The van der Waals surface area contributed by atoms with Crippen molar-refractivity contribution in [2.24, 2.45) is 0 Å². The van der Waals surface area contributed by atoms with E-state index in [1.54, 1.807) is 0 Å². The number of hydrogen-bond donors (Lipinski definition) is 1. The SMILES string of the molecule is Nc1nnc(-c2ccc3c(c2)C(c2cnc(N4CCOCC4)cn2)=CC3)s1. The number of nitrogens with two attached hydrogens (primary N) is 1. The fourth-order valence-corrected chi connectivity index (χ4v) is 4.08. The Hall–Kier alpha value is -2.84. The van der Waals surface area contributed by atoms with E-state index in [2.05, 4.69) is 49.3 Å². The highest BCUT2D eigenvalue weighted by molar-refractivity contribution is 7.18. The summed E-state index contributed by atoms with van der Waals surface area (Å²) in [6.45, 7) is 3.18. The monoisotopic (exact) mass is 378 g/mol. The van der Waals surface area contributed by atoms with Crippen LogP contribution >= 0.6 is 11.3 Å². The summed E-state index contributed by atoms with van der Waals surface area (Å²) in [5, 5.41) is 9.37. The van der Waals surface area contributed by atoms with Crippen LogP contribution in [-0.2, 0) is 11.2 Å². The van der Waals surface area contributed by atoms with Crippen LogP contribution < -0.4 is 10.6 Å². The van der Waals surface area contributed by atoms with Gasteiger partial charge >= 0.3 is 0 Å². The van der Waals surface area contributed by atoms with Crippen LogP contribution in [0.15, 0.2) is 36.7 Å². The molecule has 2 N–H and O–H groups in total. The maximum absolute atomic E-state index is 5.73. The predicted octanol–water partition coefficient (Wildman–Crippen LogP) is 2.40. The van der Waals surface area contributed by atoms with Gasteiger partial charge in [-0.1, -0.05) is 29.5 Å². The van der Waals surface area contributed by atoms with Gasteiger partial charge in [-0.25, -0.2) is 4.98 Å². The summed E-state index contributed by atoms with van der Waals surface area (Å²) >= 11 is 1.39. The molecule has 0 radical (unpaired) electrons. The Balaban J connectivity index is 1.44. The highest BCUT2D eigenvalue weighted by Crippen LogP contribution is 2.35. The number of nitrogen functional groups attached to an aromatic ring is 1. The zero-order chi connectivity index (χ0) is 18.2. The molecule has 27 heavy (non-hydrogen) atoms. The van der Waals surface area contributed by atoms with Crippen molar-refractivity contribution in [1.82, 2.24) is 20.2 Å². The molecule has 2 aromatic heterocycles. The summed E-state index contributed by atoms with van der Waals surface area (Å²) in [6.07, 6.45) is 6.83. The lowest BCUT2D eigenvalue weighted by molar-refractivity contribution is 0.122. The van der Waals surface area contributed by atoms with Crippen LogP contribution in [0, 0.1) is 0 Å². The Labute approximate surface area is 160 Å². The third-order valence-corrected chi connectivity index (χ3v) is 5.66. The first-order valence-electron chi connectivity index (χ1n) is 8.86. The van der Waals surface area contributed by atoms with Crippen molar-refractivity contribution in [1.29, 1.82) is 0 Å². The topological polar surface area (TPSA) is 90.0 Å². The molecule has 3 aromatic rings. The lowest BCUT2D eigenvalue weighted by atomic mass is 10.0. The minimum Gasteiger partial charge on any atom is -0.378 e. The van der Waals surface area contributed by atoms with Gasteiger partial charge in [-0.3, -0.25) is 4.98 Å². The van der Waals surface area contributed by atoms with Crippen LogP contribution in [0.1, 0.15) is 16.8 Å². The molecule has 1 aliphatic heterocycles. The van der Waals surface area contributed by atoms with E-state index in [9.17, 15) is 0 Å². The van der Waals surface area contributed by atoms with Crippen molar-refractivity contribution >= 4 is 27.9 Å². The molecule has 0 atom stereocenters. The number of rotatable bonds is 3. The van der Waals surface area contributed by atoms with E-state index in [1.807, 2.05) is 12.4 Å². The molecule has 0 bridgehead atoms. The largest absolute Gasteiger partial charge is 0.378 e. The number of fused-ring (bicyclic) bond motifs is 1. The fraction of sp³-hybridized carbons (Fsp3) is 0.263. The zero-order valence-electron chi connectivity index (χ0n) is 14.6. The number of morpholine rings is 1. The van der Waals surface area contributed by atoms with Gasteiger partial charge in [0.1, 0.15) is 10.8 Å². The first-order chi connectivity index (χ1) is 13.3. The molecule has 7 nitrogen and oxygen atoms in total. The number of anilines is 2. The quantitative estimate of drug-likeness (QED) is 0.748. The molecule has 136 valence electrons. The van der Waals surface area contributed by atoms with Gasteiger partial charge in [-0.15, -0.1) is 10.2 Å². The molecule has 1 aromatic carbocycles. The van der Waals surface area contributed by atoms with E-state index in [0.29, 0.717) is 5.13 Å². The number of allylic oxidation sites excluding steroid dienone is 1. The van der Waals surface area contributed by atoms with Gasteiger partial charge < -0.3 is 15.4 Å². The third-order valence-electron chi connectivity index (χ3n) is 4.86. The van der Waals surface area contributed by atoms with E-state index in [0.717, 1.165) is 60.4 Å². The van der Waals surface area contributed by atoms with Crippen LogP contribution in [-0.4, -0.2) is 46.5 Å². The van der Waals surface area contributed by atoms with Gasteiger partial charge in [0.15, 0.2) is 0 Å². The highest BCUT2D eigenvalue weighted by Gasteiger charge is 2.20. The minimum atomic E-state index is 0.478. The second kappa shape index (κ2) is 6.71. The molecule has 0 saturated carbocycles. The third kappa shape index (κ3) is 3.07. The fourth-order valence-electron chi connectivity index (χ4n) is 3.47. The van der Waals surface area contributed by atoms with Crippen molar-refractivity contribution in [3.63, 3.8) is 0 Å².